The Balaban J connectivity index is 0.872. The van der Waals surface area contributed by atoms with Crippen molar-refractivity contribution in [1.29, 1.82) is 0 Å². The van der Waals surface area contributed by atoms with E-state index in [0.29, 0.717) is 11.8 Å². The molecule has 90 heavy (non-hydrogen) atoms. The summed E-state index contributed by atoms with van der Waals surface area (Å²) in [6, 6.07) is 42.7. The van der Waals surface area contributed by atoms with Crippen molar-refractivity contribution < 1.29 is 9.47 Å². The smallest absolute Gasteiger partial charge is 0.119 e. The first-order valence-electron chi connectivity index (χ1n) is 38.2. The molecule has 0 saturated carbocycles. The van der Waals surface area contributed by atoms with Crippen LogP contribution in [-0.4, -0.2) is 13.2 Å². The minimum absolute atomic E-state index is 0.632. The molecule has 9 rings (SSSR count). The van der Waals surface area contributed by atoms with Crippen LogP contribution >= 0.6 is 0 Å². The lowest BCUT2D eigenvalue weighted by atomic mass is 9.88. The Morgan fingerprint density at radius 3 is 0.800 bits per heavy atom. The lowest BCUT2D eigenvalue weighted by Gasteiger charge is -2.19. The van der Waals surface area contributed by atoms with E-state index in [0.717, 1.165) is 24.7 Å². The van der Waals surface area contributed by atoms with Gasteiger partial charge in [-0.1, -0.05) is 332 Å². The second-order valence-electron chi connectivity index (χ2n) is 28.6. The zero-order chi connectivity index (χ0) is 62.5. The summed E-state index contributed by atoms with van der Waals surface area (Å²) in [5.74, 6) is 3.29. The molecule has 0 heterocycles. The van der Waals surface area contributed by atoms with Crippen LogP contribution in [0.25, 0.3) is 86.2 Å². The SMILES string of the molecule is CCCCCCCCCCCCC(CCCCCCCCCC)COc1ccc2c(ccc3c2ccc2c4cc5cc(C)c6c(ccc7c8ccc(OCC(CCCCCCCCCC)CCCCCCCCCCCC)cc8ccc76)c5cc4cc(C)c23)c1. The number of fused-ring (bicyclic) bond motifs is 14. The maximum Gasteiger partial charge on any atom is 0.119 e. The number of ether oxygens (including phenoxy) is 2. The number of benzene rings is 9. The summed E-state index contributed by atoms with van der Waals surface area (Å²) in [6.45, 7) is 15.6. The Morgan fingerprint density at radius 2 is 0.489 bits per heavy atom. The molecule has 0 aliphatic rings. The number of unbranched alkanes of at least 4 members (excludes halogenated alkanes) is 32. The molecule has 0 aliphatic heterocycles. The summed E-state index contributed by atoms with van der Waals surface area (Å²) in [5.41, 5.74) is 2.66. The van der Waals surface area contributed by atoms with Crippen LogP contribution in [0, 0.1) is 25.7 Å². The lowest BCUT2D eigenvalue weighted by Crippen LogP contribution is -2.12. The van der Waals surface area contributed by atoms with E-state index in [1.54, 1.807) is 0 Å². The molecule has 0 aliphatic carbocycles. The topological polar surface area (TPSA) is 18.5 Å². The van der Waals surface area contributed by atoms with Crippen molar-refractivity contribution in [2.24, 2.45) is 11.8 Å². The molecule has 9 aromatic rings. The van der Waals surface area contributed by atoms with E-state index in [1.807, 2.05) is 0 Å². The molecular weight excluding hydrogens is 1090 g/mol. The summed E-state index contributed by atoms with van der Waals surface area (Å²) < 4.78 is 13.5. The summed E-state index contributed by atoms with van der Waals surface area (Å²) >= 11 is 0. The van der Waals surface area contributed by atoms with Crippen LogP contribution in [0.2, 0.25) is 0 Å². The Kier molecular flexibility index (Phi) is 29.1. The predicted octanol–water partition coefficient (Wildman–Crippen LogP) is 29.2. The number of aryl methyl sites for hydroxylation is 2. The van der Waals surface area contributed by atoms with Gasteiger partial charge in [0.15, 0.2) is 0 Å². The molecule has 0 radical (unpaired) electrons. The average molecular weight is 1210 g/mol. The van der Waals surface area contributed by atoms with Crippen molar-refractivity contribution >= 4 is 86.2 Å². The third-order valence-corrected chi connectivity index (χ3v) is 21.1. The molecule has 2 unspecified atom stereocenters. The zero-order valence-electron chi connectivity index (χ0n) is 58.1. The Hall–Kier alpha value is -5.34. The fourth-order valence-corrected chi connectivity index (χ4v) is 15.7. The molecule has 2 heteroatoms. The van der Waals surface area contributed by atoms with Gasteiger partial charge in [0.05, 0.1) is 13.2 Å². The Bertz CT molecular complexity index is 3340. The Morgan fingerprint density at radius 1 is 0.233 bits per heavy atom. The van der Waals surface area contributed by atoms with Crippen molar-refractivity contribution in [2.45, 2.75) is 298 Å². The van der Waals surface area contributed by atoms with Crippen LogP contribution in [0.3, 0.4) is 0 Å². The molecule has 0 aromatic heterocycles. The maximum absolute atomic E-state index is 6.76. The predicted molar refractivity (Wildman–Crippen MR) is 401 cm³/mol. The van der Waals surface area contributed by atoms with Crippen molar-refractivity contribution in [1.82, 2.24) is 0 Å². The van der Waals surface area contributed by atoms with Crippen molar-refractivity contribution in [2.75, 3.05) is 13.2 Å². The van der Waals surface area contributed by atoms with Gasteiger partial charge in [0.25, 0.3) is 0 Å². The van der Waals surface area contributed by atoms with Gasteiger partial charge in [-0.05, 0) is 185 Å². The highest BCUT2D eigenvalue weighted by molar-refractivity contribution is 6.28. The van der Waals surface area contributed by atoms with Crippen molar-refractivity contribution in [3.63, 3.8) is 0 Å². The number of hydrogen-bond acceptors (Lipinski definition) is 2. The maximum atomic E-state index is 6.76. The van der Waals surface area contributed by atoms with Crippen LogP contribution in [-0.2, 0) is 0 Å². The summed E-state index contributed by atoms with van der Waals surface area (Å²) in [4.78, 5) is 0. The van der Waals surface area contributed by atoms with Crippen molar-refractivity contribution in [3.05, 3.63) is 120 Å². The second-order valence-corrected chi connectivity index (χ2v) is 28.6. The average Bonchev–Trinajstić information content (AvgIpc) is 0.735. The molecular formula is C88H122O2. The molecule has 0 fully saturated rings. The van der Waals surface area contributed by atoms with E-state index in [9.17, 15) is 0 Å². The van der Waals surface area contributed by atoms with Gasteiger partial charge in [-0.25, -0.2) is 0 Å². The van der Waals surface area contributed by atoms with Crippen LogP contribution in [0.1, 0.15) is 296 Å². The lowest BCUT2D eigenvalue weighted by molar-refractivity contribution is 0.224. The monoisotopic (exact) mass is 1210 g/mol. The van der Waals surface area contributed by atoms with Gasteiger partial charge in [-0.15, -0.1) is 0 Å². The van der Waals surface area contributed by atoms with E-state index in [4.69, 9.17) is 9.47 Å². The molecule has 2 atom stereocenters. The van der Waals surface area contributed by atoms with Crippen LogP contribution in [0.4, 0.5) is 0 Å². The van der Waals surface area contributed by atoms with Crippen molar-refractivity contribution in [3.8, 4) is 11.5 Å². The molecule has 486 valence electrons. The van der Waals surface area contributed by atoms with Gasteiger partial charge in [-0.3, -0.25) is 0 Å². The van der Waals surface area contributed by atoms with Gasteiger partial charge in [0.1, 0.15) is 11.5 Å². The molecule has 2 nitrogen and oxygen atoms in total. The minimum atomic E-state index is 0.632. The minimum Gasteiger partial charge on any atom is -0.493 e. The zero-order valence-corrected chi connectivity index (χ0v) is 58.1. The van der Waals surface area contributed by atoms with Gasteiger partial charge in [0, 0.05) is 0 Å². The first-order chi connectivity index (χ1) is 44.4. The first kappa shape index (κ1) is 69.0. The fraction of sp³-hybridized carbons (Fsp3) is 0.568. The molecule has 0 amide bonds. The highest BCUT2D eigenvalue weighted by Crippen LogP contribution is 2.43. The highest BCUT2D eigenvalue weighted by Gasteiger charge is 2.18. The fourth-order valence-electron chi connectivity index (χ4n) is 15.7. The van der Waals surface area contributed by atoms with E-state index in [1.165, 1.54) is 354 Å². The number of hydrogen-bond donors (Lipinski definition) is 0. The van der Waals surface area contributed by atoms with Crippen LogP contribution in [0.5, 0.6) is 11.5 Å². The molecule has 0 bridgehead atoms. The van der Waals surface area contributed by atoms with E-state index in [-0.39, 0.29) is 0 Å². The van der Waals surface area contributed by atoms with E-state index >= 15 is 0 Å². The molecule has 0 N–H and O–H groups in total. The molecule has 0 saturated heterocycles. The van der Waals surface area contributed by atoms with Gasteiger partial charge >= 0.3 is 0 Å². The van der Waals surface area contributed by atoms with E-state index in [2.05, 4.69) is 151 Å². The normalized spacial score (nSPS) is 12.8. The second kappa shape index (κ2) is 38.0. The standard InChI is InChI=1S/C88H122O2/c1-7-11-15-19-23-27-29-33-37-41-45-69(43-39-35-31-25-21-17-13-9-3)65-89-75-49-53-77-71(61-75)47-51-81-79(77)55-57-83-85-63-74-60-68(6)88-82-52-48-72-62-76(50-54-78(72)80(82)56-58-84(88)86(74)64-73(85)59-67(5)87(81)83)90-66-70(44-40-36-32-26-22-18-14-10-4)46-42-38-34-30-28-24-20-16-12-8-2/h47-64,69-70H,7-46,65-66H2,1-6H3. The van der Waals surface area contributed by atoms with Gasteiger partial charge in [-0.2, -0.15) is 0 Å². The molecule has 0 spiro atoms. The van der Waals surface area contributed by atoms with Crippen LogP contribution < -0.4 is 9.47 Å². The van der Waals surface area contributed by atoms with E-state index < -0.39 is 0 Å². The quantitative estimate of drug-likeness (QED) is 0.0215. The Labute approximate surface area is 547 Å². The van der Waals surface area contributed by atoms with Gasteiger partial charge in [0.2, 0.25) is 0 Å². The summed E-state index contributed by atoms with van der Waals surface area (Å²) in [5, 5.41) is 21.1. The third kappa shape index (κ3) is 19.8. The summed E-state index contributed by atoms with van der Waals surface area (Å²) in [7, 11) is 0. The highest BCUT2D eigenvalue weighted by atomic mass is 16.5. The third-order valence-electron chi connectivity index (χ3n) is 21.1. The number of rotatable bonds is 46. The first-order valence-corrected chi connectivity index (χ1v) is 38.2. The van der Waals surface area contributed by atoms with Crippen LogP contribution in [0.15, 0.2) is 109 Å². The largest absolute Gasteiger partial charge is 0.493 e. The molecule has 9 aromatic carbocycles. The van der Waals surface area contributed by atoms with Gasteiger partial charge < -0.3 is 9.47 Å². The summed E-state index contributed by atoms with van der Waals surface area (Å²) in [6.07, 6.45) is 55.1.